The van der Waals surface area contributed by atoms with E-state index in [2.05, 4.69) is 26.4 Å². The van der Waals surface area contributed by atoms with Gasteiger partial charge in [0.15, 0.2) is 11.2 Å². The fraction of sp³-hybridized carbons (Fsp3) is 0.611. The molecule has 0 aromatic carbocycles. The van der Waals surface area contributed by atoms with E-state index >= 15 is 0 Å². The Kier molecular flexibility index (Phi) is 4.22. The van der Waals surface area contributed by atoms with Crippen LogP contribution >= 0.6 is 0 Å². The number of aryl methyl sites for hydroxylation is 2. The average molecular weight is 358 g/mol. The van der Waals surface area contributed by atoms with E-state index in [1.54, 1.807) is 11.4 Å². The highest BCUT2D eigenvalue weighted by Crippen LogP contribution is 2.20. The van der Waals surface area contributed by atoms with Crippen LogP contribution in [-0.4, -0.2) is 47.5 Å². The number of aromatic amines is 1. The van der Waals surface area contributed by atoms with Gasteiger partial charge < -0.3 is 4.57 Å². The second kappa shape index (κ2) is 6.42. The predicted octanol–water partition coefficient (Wildman–Crippen LogP) is 1.25. The molecule has 1 saturated heterocycles. The van der Waals surface area contributed by atoms with Crippen LogP contribution in [0.1, 0.15) is 38.3 Å². The van der Waals surface area contributed by atoms with Gasteiger partial charge in [0.2, 0.25) is 5.78 Å². The lowest BCUT2D eigenvalue weighted by Gasteiger charge is -2.35. The summed E-state index contributed by atoms with van der Waals surface area (Å²) in [6.45, 7) is 7.25. The molecule has 1 N–H and O–H groups in total. The SMILES string of the molecule is CCC1CCCCN1CCn1c(C)cn2c3c(=O)[nH]c(=O)n(C)c3nc12. The molecular formula is C18H26N6O2. The zero-order valence-electron chi connectivity index (χ0n) is 15.7. The molecule has 1 unspecified atom stereocenters. The molecule has 1 atom stereocenters. The summed E-state index contributed by atoms with van der Waals surface area (Å²) < 4.78 is 5.34. The van der Waals surface area contributed by atoms with Gasteiger partial charge in [-0.3, -0.25) is 23.6 Å². The first-order chi connectivity index (χ1) is 12.5. The summed E-state index contributed by atoms with van der Waals surface area (Å²) >= 11 is 0. The van der Waals surface area contributed by atoms with Crippen molar-refractivity contribution in [3.05, 3.63) is 32.7 Å². The molecule has 0 saturated carbocycles. The number of fused-ring (bicyclic) bond motifs is 3. The number of H-pyrrole nitrogens is 1. The van der Waals surface area contributed by atoms with Gasteiger partial charge in [0.25, 0.3) is 5.56 Å². The maximum Gasteiger partial charge on any atom is 0.329 e. The average Bonchev–Trinajstić information content (AvgIpc) is 3.13. The van der Waals surface area contributed by atoms with Gasteiger partial charge in [-0.2, -0.15) is 4.98 Å². The molecule has 140 valence electrons. The number of aromatic nitrogens is 5. The Balaban J connectivity index is 1.73. The summed E-state index contributed by atoms with van der Waals surface area (Å²) in [5, 5.41) is 0. The molecule has 0 radical (unpaired) electrons. The van der Waals surface area contributed by atoms with Crippen molar-refractivity contribution in [1.29, 1.82) is 0 Å². The molecule has 3 aromatic rings. The van der Waals surface area contributed by atoms with Gasteiger partial charge in [0.1, 0.15) is 0 Å². The van der Waals surface area contributed by atoms with Crippen LogP contribution in [0.4, 0.5) is 0 Å². The second-order valence-corrected chi connectivity index (χ2v) is 7.29. The zero-order valence-corrected chi connectivity index (χ0v) is 15.7. The minimum Gasteiger partial charge on any atom is -0.313 e. The van der Waals surface area contributed by atoms with Crippen molar-refractivity contribution >= 4 is 16.9 Å². The molecular weight excluding hydrogens is 332 g/mol. The maximum absolute atomic E-state index is 12.3. The zero-order chi connectivity index (χ0) is 18.4. The van der Waals surface area contributed by atoms with Crippen molar-refractivity contribution in [1.82, 2.24) is 28.4 Å². The summed E-state index contributed by atoms with van der Waals surface area (Å²) in [6.07, 6.45) is 6.98. The molecule has 8 nitrogen and oxygen atoms in total. The van der Waals surface area contributed by atoms with Crippen LogP contribution in [0.15, 0.2) is 15.8 Å². The Morgan fingerprint density at radius 2 is 2.08 bits per heavy atom. The van der Waals surface area contributed by atoms with E-state index in [0.717, 1.165) is 25.3 Å². The van der Waals surface area contributed by atoms with Gasteiger partial charge >= 0.3 is 5.69 Å². The largest absolute Gasteiger partial charge is 0.329 e. The highest BCUT2D eigenvalue weighted by molar-refractivity contribution is 5.75. The molecule has 3 aromatic heterocycles. The Labute approximate surface area is 151 Å². The molecule has 0 aliphatic carbocycles. The van der Waals surface area contributed by atoms with E-state index in [0.29, 0.717) is 23.0 Å². The van der Waals surface area contributed by atoms with Gasteiger partial charge in [0.05, 0.1) is 0 Å². The van der Waals surface area contributed by atoms with E-state index < -0.39 is 11.2 Å². The Morgan fingerprint density at radius 3 is 2.85 bits per heavy atom. The van der Waals surface area contributed by atoms with Crippen LogP contribution in [0.25, 0.3) is 16.9 Å². The second-order valence-electron chi connectivity index (χ2n) is 7.29. The number of hydrogen-bond donors (Lipinski definition) is 1. The van der Waals surface area contributed by atoms with Gasteiger partial charge in [-0.05, 0) is 32.7 Å². The fourth-order valence-corrected chi connectivity index (χ4v) is 4.24. The van der Waals surface area contributed by atoms with E-state index in [1.165, 1.54) is 30.3 Å². The maximum atomic E-state index is 12.3. The minimum atomic E-state index is -0.439. The first-order valence-electron chi connectivity index (χ1n) is 9.42. The van der Waals surface area contributed by atoms with Crippen LogP contribution < -0.4 is 11.2 Å². The first kappa shape index (κ1) is 17.1. The lowest BCUT2D eigenvalue weighted by Crippen LogP contribution is -2.40. The normalized spacial score (nSPS) is 19.0. The minimum absolute atomic E-state index is 0.394. The molecule has 26 heavy (non-hydrogen) atoms. The first-order valence-corrected chi connectivity index (χ1v) is 9.42. The summed E-state index contributed by atoms with van der Waals surface area (Å²) in [7, 11) is 1.63. The van der Waals surface area contributed by atoms with Gasteiger partial charge in [-0.25, -0.2) is 4.79 Å². The Bertz CT molecular complexity index is 1070. The van der Waals surface area contributed by atoms with E-state index in [-0.39, 0.29) is 0 Å². The molecule has 0 bridgehead atoms. The quantitative estimate of drug-likeness (QED) is 0.761. The number of piperidine rings is 1. The van der Waals surface area contributed by atoms with Crippen molar-refractivity contribution < 1.29 is 0 Å². The van der Waals surface area contributed by atoms with Crippen LogP contribution in [-0.2, 0) is 13.6 Å². The van der Waals surface area contributed by atoms with E-state index in [4.69, 9.17) is 0 Å². The number of nitrogens with zero attached hydrogens (tertiary/aromatic N) is 5. The van der Waals surface area contributed by atoms with Crippen molar-refractivity contribution in [2.24, 2.45) is 7.05 Å². The third-order valence-corrected chi connectivity index (χ3v) is 5.75. The molecule has 1 aliphatic rings. The highest BCUT2D eigenvalue weighted by Gasteiger charge is 2.22. The van der Waals surface area contributed by atoms with E-state index in [9.17, 15) is 9.59 Å². The molecule has 4 heterocycles. The van der Waals surface area contributed by atoms with Crippen LogP contribution in [0.2, 0.25) is 0 Å². The smallest absolute Gasteiger partial charge is 0.313 e. The lowest BCUT2D eigenvalue weighted by atomic mass is 10.0. The summed E-state index contributed by atoms with van der Waals surface area (Å²) in [5.41, 5.74) is 1.08. The molecule has 0 amide bonds. The topological polar surface area (TPSA) is 80.3 Å². The van der Waals surface area contributed by atoms with Crippen LogP contribution in [0, 0.1) is 6.92 Å². The monoisotopic (exact) mass is 358 g/mol. The third-order valence-electron chi connectivity index (χ3n) is 5.75. The van der Waals surface area contributed by atoms with Gasteiger partial charge in [-0.1, -0.05) is 13.3 Å². The standard InChI is InChI=1S/C18H26N6O2/c1-4-13-7-5-6-8-22(13)9-10-23-12(2)11-24-14-15(19-17(23)24)21(3)18(26)20-16(14)25/h11,13H,4-10H2,1-3H3,(H,20,25,26). The van der Waals surface area contributed by atoms with Crippen molar-refractivity contribution in [2.45, 2.75) is 52.1 Å². The number of rotatable bonds is 4. The predicted molar refractivity (Wildman–Crippen MR) is 101 cm³/mol. The Morgan fingerprint density at radius 1 is 1.27 bits per heavy atom. The van der Waals surface area contributed by atoms with Gasteiger partial charge in [0, 0.05) is 38.1 Å². The molecule has 1 fully saturated rings. The highest BCUT2D eigenvalue weighted by atomic mass is 16.2. The van der Waals surface area contributed by atoms with Crippen molar-refractivity contribution in [2.75, 3.05) is 13.1 Å². The fourth-order valence-electron chi connectivity index (χ4n) is 4.24. The number of imidazole rings is 2. The van der Waals surface area contributed by atoms with E-state index in [1.807, 2.05) is 13.1 Å². The number of likely N-dealkylation sites (tertiary alicyclic amines) is 1. The molecule has 0 spiro atoms. The molecule has 4 rings (SSSR count). The number of nitrogens with one attached hydrogen (secondary N) is 1. The number of hydrogen-bond acceptors (Lipinski definition) is 4. The van der Waals surface area contributed by atoms with Crippen LogP contribution in [0.5, 0.6) is 0 Å². The van der Waals surface area contributed by atoms with Crippen molar-refractivity contribution in [3.63, 3.8) is 0 Å². The summed E-state index contributed by atoms with van der Waals surface area (Å²) in [5.74, 6) is 0.717. The third kappa shape index (κ3) is 2.59. The van der Waals surface area contributed by atoms with Gasteiger partial charge in [-0.15, -0.1) is 0 Å². The lowest BCUT2D eigenvalue weighted by molar-refractivity contribution is 0.139. The molecule has 8 heteroatoms. The van der Waals surface area contributed by atoms with Crippen LogP contribution in [0.3, 0.4) is 0 Å². The summed E-state index contributed by atoms with van der Waals surface area (Å²) in [6, 6.07) is 0.665. The van der Waals surface area contributed by atoms with Crippen molar-refractivity contribution in [3.8, 4) is 0 Å². The molecule has 1 aliphatic heterocycles. The Hall–Kier alpha value is -2.35. The summed E-state index contributed by atoms with van der Waals surface area (Å²) in [4.78, 5) is 33.7.